The number of phenols is 1. The average Bonchev–Trinajstić information content (AvgIpc) is 2.29. The normalized spacial score (nSPS) is 11.9. The molecule has 0 aliphatic carbocycles. The van der Waals surface area contributed by atoms with E-state index in [1.54, 1.807) is 6.92 Å². The number of carboxylic acid groups (broad SMARTS) is 1. The predicted octanol–water partition coefficient (Wildman–Crippen LogP) is 1.51. The minimum absolute atomic E-state index is 0.0728. The predicted molar refractivity (Wildman–Crippen MR) is 61.9 cm³/mol. The highest BCUT2D eigenvalue weighted by molar-refractivity contribution is 5.96. The third kappa shape index (κ3) is 4.04. The number of phenolic OH excluding ortho intramolecular Hbond substituents is 1. The highest BCUT2D eigenvalue weighted by Gasteiger charge is 2.15. The molecule has 0 saturated carbocycles. The standard InChI is InChI=1S/C12H14FNO4/c1-7(2-5-11(16)17)14-12(18)9-6-8(13)3-4-10(9)15/h3-4,6-7,15H,2,5H2,1H3,(H,14,18)(H,16,17). The van der Waals surface area contributed by atoms with Crippen molar-refractivity contribution in [2.24, 2.45) is 0 Å². The van der Waals surface area contributed by atoms with Gasteiger partial charge in [0.05, 0.1) is 5.56 Å². The van der Waals surface area contributed by atoms with Crippen LogP contribution in [-0.2, 0) is 4.79 Å². The van der Waals surface area contributed by atoms with Gasteiger partial charge in [0.2, 0.25) is 0 Å². The lowest BCUT2D eigenvalue weighted by Crippen LogP contribution is -2.33. The van der Waals surface area contributed by atoms with Crippen molar-refractivity contribution in [2.75, 3.05) is 0 Å². The van der Waals surface area contributed by atoms with Gasteiger partial charge in [0.25, 0.3) is 5.91 Å². The number of rotatable bonds is 5. The molecule has 6 heteroatoms. The largest absolute Gasteiger partial charge is 0.507 e. The van der Waals surface area contributed by atoms with Crippen LogP contribution in [0.25, 0.3) is 0 Å². The van der Waals surface area contributed by atoms with Crippen molar-refractivity contribution in [3.05, 3.63) is 29.6 Å². The first kappa shape index (κ1) is 14.0. The van der Waals surface area contributed by atoms with Gasteiger partial charge in [-0.15, -0.1) is 0 Å². The molecule has 0 fully saturated rings. The number of aromatic hydroxyl groups is 1. The van der Waals surface area contributed by atoms with E-state index in [0.717, 1.165) is 18.2 Å². The first-order valence-electron chi connectivity index (χ1n) is 5.41. The van der Waals surface area contributed by atoms with Crippen LogP contribution in [0, 0.1) is 5.82 Å². The van der Waals surface area contributed by atoms with E-state index in [1.165, 1.54) is 0 Å². The summed E-state index contributed by atoms with van der Waals surface area (Å²) in [6.07, 6.45) is 0.188. The number of halogens is 1. The fraction of sp³-hybridized carbons (Fsp3) is 0.333. The second kappa shape index (κ2) is 6.00. The molecule has 0 heterocycles. The summed E-state index contributed by atoms with van der Waals surface area (Å²) in [6, 6.07) is 2.68. The molecule has 0 bridgehead atoms. The number of benzene rings is 1. The van der Waals surface area contributed by atoms with Gasteiger partial charge in [-0.1, -0.05) is 0 Å². The second-order valence-corrected chi connectivity index (χ2v) is 3.97. The van der Waals surface area contributed by atoms with E-state index in [4.69, 9.17) is 5.11 Å². The van der Waals surface area contributed by atoms with Crippen molar-refractivity contribution in [2.45, 2.75) is 25.8 Å². The zero-order chi connectivity index (χ0) is 13.7. The van der Waals surface area contributed by atoms with Gasteiger partial charge < -0.3 is 15.5 Å². The molecule has 0 saturated heterocycles. The maximum Gasteiger partial charge on any atom is 0.303 e. The minimum atomic E-state index is -0.954. The molecule has 1 atom stereocenters. The van der Waals surface area contributed by atoms with Crippen molar-refractivity contribution in [3.8, 4) is 5.75 Å². The van der Waals surface area contributed by atoms with E-state index in [9.17, 15) is 19.1 Å². The average molecular weight is 255 g/mol. The quantitative estimate of drug-likeness (QED) is 0.744. The number of nitrogens with one attached hydrogen (secondary N) is 1. The monoisotopic (exact) mass is 255 g/mol. The van der Waals surface area contributed by atoms with E-state index < -0.39 is 17.7 Å². The van der Waals surface area contributed by atoms with Crippen LogP contribution in [0.15, 0.2) is 18.2 Å². The molecule has 18 heavy (non-hydrogen) atoms. The van der Waals surface area contributed by atoms with Gasteiger partial charge in [0, 0.05) is 12.5 Å². The van der Waals surface area contributed by atoms with Gasteiger partial charge >= 0.3 is 5.97 Å². The molecule has 0 aromatic heterocycles. The Labute approximate surface area is 103 Å². The number of aliphatic carboxylic acids is 1. The lowest BCUT2D eigenvalue weighted by Gasteiger charge is -2.13. The highest BCUT2D eigenvalue weighted by Crippen LogP contribution is 2.17. The summed E-state index contributed by atoms with van der Waals surface area (Å²) in [5.74, 6) is -2.54. The van der Waals surface area contributed by atoms with Crippen molar-refractivity contribution in [1.82, 2.24) is 5.32 Å². The first-order valence-corrected chi connectivity index (χ1v) is 5.41. The summed E-state index contributed by atoms with van der Waals surface area (Å²) in [5.41, 5.74) is -0.169. The molecule has 98 valence electrons. The summed E-state index contributed by atoms with van der Waals surface area (Å²) >= 11 is 0. The van der Waals surface area contributed by atoms with Crippen LogP contribution >= 0.6 is 0 Å². The lowest BCUT2D eigenvalue weighted by molar-refractivity contribution is -0.137. The number of carbonyl (C=O) groups excluding carboxylic acids is 1. The Balaban J connectivity index is 2.64. The summed E-state index contributed by atoms with van der Waals surface area (Å²) in [5, 5.41) is 20.4. The van der Waals surface area contributed by atoms with Gasteiger partial charge in [0.1, 0.15) is 11.6 Å². The third-order valence-corrected chi connectivity index (χ3v) is 2.37. The van der Waals surface area contributed by atoms with Crippen molar-refractivity contribution < 1.29 is 24.2 Å². The Morgan fingerprint density at radius 1 is 1.44 bits per heavy atom. The van der Waals surface area contributed by atoms with Crippen molar-refractivity contribution in [3.63, 3.8) is 0 Å². The van der Waals surface area contributed by atoms with Gasteiger partial charge in [0.15, 0.2) is 0 Å². The summed E-state index contributed by atoms with van der Waals surface area (Å²) in [4.78, 5) is 22.0. The zero-order valence-corrected chi connectivity index (χ0v) is 9.81. The van der Waals surface area contributed by atoms with E-state index in [0.29, 0.717) is 0 Å². The van der Waals surface area contributed by atoms with Gasteiger partial charge in [-0.2, -0.15) is 0 Å². The molecular formula is C12H14FNO4. The van der Waals surface area contributed by atoms with Crippen LogP contribution < -0.4 is 5.32 Å². The topological polar surface area (TPSA) is 86.6 Å². The maximum atomic E-state index is 12.9. The molecule has 1 aromatic carbocycles. The highest BCUT2D eigenvalue weighted by atomic mass is 19.1. The Hall–Kier alpha value is -2.11. The summed E-state index contributed by atoms with van der Waals surface area (Å²) < 4.78 is 12.9. The molecule has 0 spiro atoms. The van der Waals surface area contributed by atoms with Crippen LogP contribution in [0.3, 0.4) is 0 Å². The molecule has 0 radical (unpaired) electrons. The van der Waals surface area contributed by atoms with Crippen LogP contribution in [0.4, 0.5) is 4.39 Å². The van der Waals surface area contributed by atoms with E-state index in [2.05, 4.69) is 5.32 Å². The number of hydrogen-bond acceptors (Lipinski definition) is 3. The van der Waals surface area contributed by atoms with Crippen LogP contribution in [0.2, 0.25) is 0 Å². The van der Waals surface area contributed by atoms with E-state index >= 15 is 0 Å². The maximum absolute atomic E-state index is 12.9. The SMILES string of the molecule is CC(CCC(=O)O)NC(=O)c1cc(F)ccc1O. The van der Waals surface area contributed by atoms with Crippen LogP contribution in [0.5, 0.6) is 5.75 Å². The van der Waals surface area contributed by atoms with E-state index in [1.807, 2.05) is 0 Å². The van der Waals surface area contributed by atoms with Crippen LogP contribution in [-0.4, -0.2) is 28.1 Å². The summed E-state index contributed by atoms with van der Waals surface area (Å²) in [6.45, 7) is 1.64. The third-order valence-electron chi connectivity index (χ3n) is 2.37. The fourth-order valence-corrected chi connectivity index (χ4v) is 1.40. The Kier molecular flexibility index (Phi) is 4.65. The molecule has 0 aliphatic heterocycles. The number of carboxylic acids is 1. The molecule has 3 N–H and O–H groups in total. The Morgan fingerprint density at radius 3 is 2.72 bits per heavy atom. The molecular weight excluding hydrogens is 241 g/mol. The van der Waals surface area contributed by atoms with Gasteiger partial charge in [-0.25, -0.2) is 4.39 Å². The summed E-state index contributed by atoms with van der Waals surface area (Å²) in [7, 11) is 0. The second-order valence-electron chi connectivity index (χ2n) is 3.97. The molecule has 1 rings (SSSR count). The van der Waals surface area contributed by atoms with Crippen LogP contribution in [0.1, 0.15) is 30.1 Å². The minimum Gasteiger partial charge on any atom is -0.507 e. The van der Waals surface area contributed by atoms with Gasteiger partial charge in [-0.05, 0) is 31.5 Å². The number of amides is 1. The first-order chi connectivity index (χ1) is 8.40. The molecule has 1 aromatic rings. The zero-order valence-electron chi connectivity index (χ0n) is 9.81. The Morgan fingerprint density at radius 2 is 2.11 bits per heavy atom. The number of hydrogen-bond donors (Lipinski definition) is 3. The molecule has 1 unspecified atom stereocenters. The Bertz CT molecular complexity index is 461. The molecule has 5 nitrogen and oxygen atoms in total. The fourth-order valence-electron chi connectivity index (χ4n) is 1.40. The smallest absolute Gasteiger partial charge is 0.303 e. The molecule has 0 aliphatic rings. The van der Waals surface area contributed by atoms with E-state index in [-0.39, 0.29) is 30.2 Å². The van der Waals surface area contributed by atoms with Crippen molar-refractivity contribution >= 4 is 11.9 Å². The van der Waals surface area contributed by atoms with Crippen molar-refractivity contribution in [1.29, 1.82) is 0 Å². The van der Waals surface area contributed by atoms with Gasteiger partial charge in [-0.3, -0.25) is 9.59 Å². The molecule has 1 amide bonds. The lowest BCUT2D eigenvalue weighted by atomic mass is 10.1. The number of carbonyl (C=O) groups is 2.